The van der Waals surface area contributed by atoms with Crippen LogP contribution in [0.15, 0.2) is 0 Å². The Labute approximate surface area is 200 Å². The quantitative estimate of drug-likeness (QED) is 0.275. The van der Waals surface area contributed by atoms with Crippen molar-refractivity contribution in [1.29, 1.82) is 0 Å². The van der Waals surface area contributed by atoms with Crippen LogP contribution < -0.4 is 0 Å². The number of hydrogen-bond donors (Lipinski definition) is 0. The molecule has 0 aliphatic heterocycles. The molecular weight excluding hydrogens is 408 g/mol. The summed E-state index contributed by atoms with van der Waals surface area (Å²) in [4.78, 5) is 23.0. The maximum atomic E-state index is 11.7. The number of carbonyl (C=O) groups excluding carboxylic acids is 2. The van der Waals surface area contributed by atoms with Gasteiger partial charge in [-0.25, -0.2) is 0 Å². The summed E-state index contributed by atoms with van der Waals surface area (Å²) in [5.41, 5.74) is -0.675. The number of methoxy groups -OCH3 is 2. The summed E-state index contributed by atoms with van der Waals surface area (Å²) >= 11 is 0. The zero-order valence-corrected chi connectivity index (χ0v) is 21.1. The van der Waals surface area contributed by atoms with Crippen LogP contribution in [0.3, 0.4) is 0 Å². The molecule has 6 nitrogen and oxygen atoms in total. The van der Waals surface area contributed by atoms with Crippen molar-refractivity contribution in [2.24, 2.45) is 10.8 Å². The lowest BCUT2D eigenvalue weighted by Crippen LogP contribution is -2.31. The molecule has 6 heteroatoms. The molecule has 0 unspecified atom stereocenters. The molecule has 0 aromatic rings. The molecule has 0 aromatic carbocycles. The molecule has 0 saturated heterocycles. The van der Waals surface area contributed by atoms with Crippen molar-refractivity contribution in [3.05, 3.63) is 0 Å². The molecule has 1 fully saturated rings. The van der Waals surface area contributed by atoms with Gasteiger partial charge in [-0.05, 0) is 73.1 Å². The molecule has 196 valence electrons. The Morgan fingerprint density at radius 2 is 1.19 bits per heavy atom. The molecule has 0 N–H and O–H groups in total. The van der Waals surface area contributed by atoms with Gasteiger partial charge < -0.3 is 18.9 Å². The van der Waals surface area contributed by atoms with Crippen LogP contribution in [0.2, 0.25) is 0 Å². The van der Waals surface area contributed by atoms with Crippen molar-refractivity contribution in [1.82, 2.24) is 0 Å². The highest BCUT2D eigenvalue weighted by Gasteiger charge is 2.30. The number of esters is 2. The van der Waals surface area contributed by atoms with Crippen LogP contribution >= 0.6 is 0 Å². The Hall–Kier alpha value is -1.14. The minimum atomic E-state index is -0.367. The molecule has 1 rings (SSSR count). The number of ether oxygens (including phenoxy) is 4. The van der Waals surface area contributed by atoms with Gasteiger partial charge in [-0.2, -0.15) is 0 Å². The van der Waals surface area contributed by atoms with E-state index in [-0.39, 0.29) is 43.7 Å². The first-order chi connectivity index (χ1) is 14.0. The summed E-state index contributed by atoms with van der Waals surface area (Å²) in [7, 11) is 3.26. The van der Waals surface area contributed by atoms with Crippen LogP contribution in [0.25, 0.3) is 0 Å². The Kier molecular flexibility index (Phi) is 25.9. The van der Waals surface area contributed by atoms with Gasteiger partial charge in [-0.1, -0.05) is 35.1 Å². The van der Waals surface area contributed by atoms with Crippen molar-refractivity contribution in [3.63, 3.8) is 0 Å². The number of rotatable bonds is 9. The second-order valence-corrected chi connectivity index (χ2v) is 8.85. The first kappa shape index (κ1) is 38.1. The Balaban J connectivity index is -0.000000201. The largest absolute Gasteiger partial charge is 0.463 e. The fourth-order valence-electron chi connectivity index (χ4n) is 2.20. The molecule has 0 aromatic heterocycles. The third kappa shape index (κ3) is 18.4. The topological polar surface area (TPSA) is 71.1 Å². The number of hydrogen-bond acceptors (Lipinski definition) is 6. The van der Waals surface area contributed by atoms with E-state index in [0.717, 1.165) is 32.3 Å². The van der Waals surface area contributed by atoms with E-state index in [1.807, 2.05) is 48.5 Å². The van der Waals surface area contributed by atoms with Crippen LogP contribution in [0.5, 0.6) is 0 Å². The maximum absolute atomic E-state index is 11.7. The SMILES string of the molecule is C.C.CCC(C)(C)C(=O)OC1CCCCC1.CCC(C)(C)C(=O)OCCOC.CCOC. The van der Waals surface area contributed by atoms with Crippen LogP contribution in [0.4, 0.5) is 0 Å². The van der Waals surface area contributed by atoms with Gasteiger partial charge >= 0.3 is 11.9 Å². The molecule has 1 aliphatic rings. The molecular formula is C26H56O6. The highest BCUT2D eigenvalue weighted by atomic mass is 16.6. The van der Waals surface area contributed by atoms with E-state index in [4.69, 9.17) is 14.2 Å². The van der Waals surface area contributed by atoms with Gasteiger partial charge in [0.25, 0.3) is 0 Å². The van der Waals surface area contributed by atoms with Crippen molar-refractivity contribution in [3.8, 4) is 0 Å². The van der Waals surface area contributed by atoms with Gasteiger partial charge in [-0.3, -0.25) is 9.59 Å². The second-order valence-electron chi connectivity index (χ2n) is 8.85. The van der Waals surface area contributed by atoms with Gasteiger partial charge in [0.1, 0.15) is 12.7 Å². The third-order valence-electron chi connectivity index (χ3n) is 5.51. The zero-order chi connectivity index (χ0) is 23.6. The van der Waals surface area contributed by atoms with E-state index < -0.39 is 0 Å². The van der Waals surface area contributed by atoms with Crippen molar-refractivity contribution >= 4 is 11.9 Å². The minimum absolute atomic E-state index is 0. The summed E-state index contributed by atoms with van der Waals surface area (Å²) in [5, 5.41) is 0. The maximum Gasteiger partial charge on any atom is 0.311 e. The summed E-state index contributed by atoms with van der Waals surface area (Å²) in [6.07, 6.45) is 7.68. The Bertz CT molecular complexity index is 438. The molecule has 1 saturated carbocycles. The predicted molar refractivity (Wildman–Crippen MR) is 135 cm³/mol. The first-order valence-electron chi connectivity index (χ1n) is 11.4. The molecule has 32 heavy (non-hydrogen) atoms. The van der Waals surface area contributed by atoms with Crippen molar-refractivity contribution in [2.45, 2.75) is 114 Å². The summed E-state index contributed by atoms with van der Waals surface area (Å²) in [5.74, 6) is -0.172. The summed E-state index contributed by atoms with van der Waals surface area (Å²) < 4.78 is 19.8. The van der Waals surface area contributed by atoms with E-state index >= 15 is 0 Å². The predicted octanol–water partition coefficient (Wildman–Crippen LogP) is 6.84. The van der Waals surface area contributed by atoms with Gasteiger partial charge in [0, 0.05) is 20.8 Å². The van der Waals surface area contributed by atoms with Gasteiger partial charge in [0.05, 0.1) is 17.4 Å². The molecule has 1 aliphatic carbocycles. The first-order valence-corrected chi connectivity index (χ1v) is 11.4. The lowest BCUT2D eigenvalue weighted by molar-refractivity contribution is -0.161. The smallest absolute Gasteiger partial charge is 0.311 e. The summed E-state index contributed by atoms with van der Waals surface area (Å²) in [6, 6.07) is 0. The van der Waals surface area contributed by atoms with Crippen molar-refractivity contribution in [2.75, 3.05) is 34.0 Å². The van der Waals surface area contributed by atoms with E-state index in [1.54, 1.807) is 14.2 Å². The Morgan fingerprint density at radius 3 is 1.56 bits per heavy atom. The van der Waals surface area contributed by atoms with Gasteiger partial charge in [0.15, 0.2) is 0 Å². The third-order valence-corrected chi connectivity index (χ3v) is 5.51. The van der Waals surface area contributed by atoms with Crippen LogP contribution in [0, 0.1) is 10.8 Å². The molecule has 0 spiro atoms. The minimum Gasteiger partial charge on any atom is -0.463 e. The van der Waals surface area contributed by atoms with E-state index in [9.17, 15) is 9.59 Å². The van der Waals surface area contributed by atoms with E-state index in [1.165, 1.54) is 19.3 Å². The molecule has 0 bridgehead atoms. The monoisotopic (exact) mass is 464 g/mol. The summed E-state index contributed by atoms with van der Waals surface area (Å²) in [6.45, 7) is 15.3. The Morgan fingerprint density at radius 1 is 0.750 bits per heavy atom. The molecule has 0 heterocycles. The van der Waals surface area contributed by atoms with Crippen LogP contribution in [0.1, 0.15) is 108 Å². The standard InChI is InChI=1S/C12H22O2.C9H18O3.C3H8O.2CH4/c1-4-12(2,3)11(13)14-10-8-6-5-7-9-10;1-5-9(2,3)8(10)12-7-6-11-4;1-3-4-2;;/h10H,4-9H2,1-3H3;5-7H2,1-4H3;3H2,1-2H3;2*1H4. The molecule has 0 atom stereocenters. The van der Waals surface area contributed by atoms with E-state index in [0.29, 0.717) is 13.2 Å². The van der Waals surface area contributed by atoms with Gasteiger partial charge in [0.2, 0.25) is 0 Å². The second kappa shape index (κ2) is 21.7. The molecule has 0 amide bonds. The molecule has 0 radical (unpaired) electrons. The number of carbonyl (C=O) groups is 2. The fourth-order valence-corrected chi connectivity index (χ4v) is 2.20. The van der Waals surface area contributed by atoms with Crippen molar-refractivity contribution < 1.29 is 28.5 Å². The highest BCUT2D eigenvalue weighted by Crippen LogP contribution is 2.26. The van der Waals surface area contributed by atoms with Gasteiger partial charge in [-0.15, -0.1) is 0 Å². The fraction of sp³-hybridized carbons (Fsp3) is 0.923. The normalized spacial score (nSPS) is 13.7. The lowest BCUT2D eigenvalue weighted by Gasteiger charge is -2.27. The van der Waals surface area contributed by atoms with Crippen LogP contribution in [-0.2, 0) is 28.5 Å². The average Bonchev–Trinajstić information content (AvgIpc) is 2.75. The average molecular weight is 465 g/mol. The lowest BCUT2D eigenvalue weighted by atomic mass is 9.90. The van der Waals surface area contributed by atoms with E-state index in [2.05, 4.69) is 4.74 Å². The zero-order valence-electron chi connectivity index (χ0n) is 21.1. The van der Waals surface area contributed by atoms with Crippen LogP contribution in [-0.4, -0.2) is 52.1 Å². The highest BCUT2D eigenvalue weighted by molar-refractivity contribution is 5.76.